The molecule has 0 radical (unpaired) electrons. The Bertz CT molecular complexity index is 995. The summed E-state index contributed by atoms with van der Waals surface area (Å²) in [6.07, 6.45) is 1.99. The Morgan fingerprint density at radius 2 is 1.69 bits per heavy atom. The Labute approximate surface area is 171 Å². The van der Waals surface area contributed by atoms with Crippen LogP contribution in [0.25, 0.3) is 0 Å². The van der Waals surface area contributed by atoms with Gasteiger partial charge in [-0.15, -0.1) is 0 Å². The summed E-state index contributed by atoms with van der Waals surface area (Å²) < 4.78 is 7.28. The molecule has 5 rings (SSSR count). The number of aromatic nitrogens is 3. The van der Waals surface area contributed by atoms with Gasteiger partial charge >= 0.3 is 0 Å². The van der Waals surface area contributed by atoms with Crippen molar-refractivity contribution in [2.75, 3.05) is 43.1 Å². The summed E-state index contributed by atoms with van der Waals surface area (Å²) in [5, 5.41) is 4.54. The Kier molecular flexibility index (Phi) is 4.23. The number of nitrogens with zero attached hydrogens (tertiary/aromatic N) is 5. The van der Waals surface area contributed by atoms with Gasteiger partial charge in [0.2, 0.25) is 0 Å². The van der Waals surface area contributed by atoms with Gasteiger partial charge in [0.15, 0.2) is 0 Å². The third kappa shape index (κ3) is 3.33. The topological polar surface area (TPSA) is 46.4 Å². The molecule has 2 fully saturated rings. The second kappa shape index (κ2) is 6.79. The Balaban J connectivity index is 1.16. The van der Waals surface area contributed by atoms with Gasteiger partial charge in [-0.2, -0.15) is 5.10 Å². The minimum atomic E-state index is 0.421. The van der Waals surface area contributed by atoms with E-state index in [4.69, 9.17) is 9.72 Å². The van der Waals surface area contributed by atoms with E-state index in [9.17, 15) is 0 Å². The second-order valence-electron chi connectivity index (χ2n) is 8.52. The van der Waals surface area contributed by atoms with E-state index in [2.05, 4.69) is 52.2 Å². The molecule has 0 unspecified atom stereocenters. The molecule has 0 saturated carbocycles. The van der Waals surface area contributed by atoms with E-state index < -0.39 is 0 Å². The highest BCUT2D eigenvalue weighted by Crippen LogP contribution is 2.43. The first-order valence-corrected chi connectivity index (χ1v) is 10.1. The first-order valence-electron chi connectivity index (χ1n) is 10.1. The van der Waals surface area contributed by atoms with Gasteiger partial charge in [-0.05, 0) is 55.8 Å². The van der Waals surface area contributed by atoms with Gasteiger partial charge in [-0.25, -0.2) is 4.98 Å². The summed E-state index contributed by atoms with van der Waals surface area (Å²) in [6, 6.07) is 14.8. The average Bonchev–Trinajstić information content (AvgIpc) is 2.98. The molecule has 2 aromatic heterocycles. The number of anilines is 2. The largest absolute Gasteiger partial charge is 0.497 e. The Morgan fingerprint density at radius 1 is 0.966 bits per heavy atom. The molecular weight excluding hydrogens is 362 g/mol. The highest BCUT2D eigenvalue weighted by molar-refractivity contribution is 5.55. The summed E-state index contributed by atoms with van der Waals surface area (Å²) in [6.45, 7) is 9.30. The van der Waals surface area contributed by atoms with Crippen molar-refractivity contribution >= 4 is 11.5 Å². The molecule has 2 aliphatic heterocycles. The summed E-state index contributed by atoms with van der Waals surface area (Å²) in [5.74, 6) is 1.99. The number of benzene rings is 1. The number of hydrogen-bond donors (Lipinski definition) is 0. The molecule has 29 heavy (non-hydrogen) atoms. The Morgan fingerprint density at radius 3 is 2.28 bits per heavy atom. The van der Waals surface area contributed by atoms with E-state index >= 15 is 0 Å². The first-order chi connectivity index (χ1) is 14.0. The van der Waals surface area contributed by atoms with Crippen LogP contribution in [0, 0.1) is 19.3 Å². The zero-order valence-electron chi connectivity index (χ0n) is 17.3. The smallest absolute Gasteiger partial charge is 0.128 e. The maximum Gasteiger partial charge on any atom is 0.128 e. The summed E-state index contributed by atoms with van der Waals surface area (Å²) in [4.78, 5) is 9.54. The number of pyridine rings is 1. The van der Waals surface area contributed by atoms with Crippen LogP contribution in [-0.2, 0) is 6.54 Å². The molecule has 6 nitrogen and oxygen atoms in total. The fraction of sp³-hybridized carbons (Fsp3) is 0.391. The number of aryl methyl sites for hydroxylation is 2. The molecule has 150 valence electrons. The second-order valence-corrected chi connectivity index (χ2v) is 8.52. The quantitative estimate of drug-likeness (QED) is 0.670. The summed E-state index contributed by atoms with van der Waals surface area (Å²) >= 11 is 0. The minimum Gasteiger partial charge on any atom is -0.497 e. The van der Waals surface area contributed by atoms with Crippen molar-refractivity contribution in [1.29, 1.82) is 0 Å². The van der Waals surface area contributed by atoms with Crippen LogP contribution in [0.5, 0.6) is 5.75 Å². The molecule has 0 N–H and O–H groups in total. The van der Waals surface area contributed by atoms with Crippen LogP contribution in [0.3, 0.4) is 0 Å². The molecular formula is C23H27N5O. The van der Waals surface area contributed by atoms with Crippen molar-refractivity contribution < 1.29 is 4.74 Å². The number of ether oxygens (including phenoxy) is 1. The highest BCUT2D eigenvalue weighted by atomic mass is 16.5. The molecule has 2 saturated heterocycles. The van der Waals surface area contributed by atoms with E-state index in [1.54, 1.807) is 7.11 Å². The molecule has 3 aromatic rings. The van der Waals surface area contributed by atoms with E-state index in [0.29, 0.717) is 5.41 Å². The van der Waals surface area contributed by atoms with Crippen molar-refractivity contribution in [1.82, 2.24) is 14.8 Å². The molecule has 0 bridgehead atoms. The lowest BCUT2D eigenvalue weighted by molar-refractivity contribution is 0.156. The summed E-state index contributed by atoms with van der Waals surface area (Å²) in [5.41, 5.74) is 5.13. The molecule has 1 aromatic carbocycles. The van der Waals surface area contributed by atoms with E-state index in [-0.39, 0.29) is 0 Å². The van der Waals surface area contributed by atoms with E-state index in [0.717, 1.165) is 50.0 Å². The SMILES string of the molecule is COc1ccc(N2CC3(C2)CN(c2ccc(Cn4nc(C)cc4C)cn2)C3)cc1. The predicted molar refractivity (Wildman–Crippen MR) is 115 cm³/mol. The van der Waals surface area contributed by atoms with Gasteiger partial charge in [0, 0.05) is 49.2 Å². The highest BCUT2D eigenvalue weighted by Gasteiger charge is 2.52. The fourth-order valence-corrected chi connectivity index (χ4v) is 4.57. The lowest BCUT2D eigenvalue weighted by atomic mass is 9.72. The molecule has 6 heteroatoms. The van der Waals surface area contributed by atoms with Crippen LogP contribution in [0.4, 0.5) is 11.5 Å². The van der Waals surface area contributed by atoms with Crippen LogP contribution in [0.2, 0.25) is 0 Å². The van der Waals surface area contributed by atoms with Gasteiger partial charge in [0.05, 0.1) is 19.3 Å². The lowest BCUT2D eigenvalue weighted by Gasteiger charge is -2.61. The molecule has 4 heterocycles. The average molecular weight is 390 g/mol. The van der Waals surface area contributed by atoms with E-state index in [1.165, 1.54) is 16.9 Å². The van der Waals surface area contributed by atoms with Gasteiger partial charge in [-0.3, -0.25) is 4.68 Å². The van der Waals surface area contributed by atoms with Gasteiger partial charge in [0.1, 0.15) is 11.6 Å². The standard InChI is InChI=1S/C23H27N5O/c1-17-10-18(2)28(25-17)12-19-4-9-22(24-11-19)27-15-23(16-27)13-26(14-23)20-5-7-21(29-3)8-6-20/h4-11H,12-16H2,1-3H3. The van der Waals surface area contributed by atoms with Crippen molar-refractivity contribution in [3.05, 3.63) is 65.6 Å². The summed E-state index contributed by atoms with van der Waals surface area (Å²) in [7, 11) is 1.70. The van der Waals surface area contributed by atoms with Crippen LogP contribution >= 0.6 is 0 Å². The Hall–Kier alpha value is -3.02. The van der Waals surface area contributed by atoms with Crippen molar-refractivity contribution in [2.45, 2.75) is 20.4 Å². The maximum atomic E-state index is 5.25. The maximum absolute atomic E-state index is 5.25. The van der Waals surface area contributed by atoms with Crippen molar-refractivity contribution in [2.24, 2.45) is 5.41 Å². The number of methoxy groups -OCH3 is 1. The van der Waals surface area contributed by atoms with Gasteiger partial charge in [0.25, 0.3) is 0 Å². The van der Waals surface area contributed by atoms with Gasteiger partial charge < -0.3 is 14.5 Å². The van der Waals surface area contributed by atoms with Crippen LogP contribution in [0.1, 0.15) is 17.0 Å². The predicted octanol–water partition coefficient (Wildman–Crippen LogP) is 3.28. The van der Waals surface area contributed by atoms with Gasteiger partial charge in [-0.1, -0.05) is 6.07 Å². The first kappa shape index (κ1) is 18.0. The van der Waals surface area contributed by atoms with Crippen LogP contribution in [-0.4, -0.2) is 48.1 Å². The number of rotatable bonds is 5. The zero-order chi connectivity index (χ0) is 20.0. The third-order valence-electron chi connectivity index (χ3n) is 6.11. The molecule has 2 aliphatic rings. The van der Waals surface area contributed by atoms with Crippen LogP contribution in [0.15, 0.2) is 48.7 Å². The monoisotopic (exact) mass is 389 g/mol. The fourth-order valence-electron chi connectivity index (χ4n) is 4.57. The normalized spacial score (nSPS) is 17.2. The number of hydrogen-bond acceptors (Lipinski definition) is 5. The lowest BCUT2D eigenvalue weighted by Crippen LogP contribution is -2.72. The minimum absolute atomic E-state index is 0.421. The zero-order valence-corrected chi connectivity index (χ0v) is 17.3. The van der Waals surface area contributed by atoms with Crippen LogP contribution < -0.4 is 14.5 Å². The molecule has 0 amide bonds. The third-order valence-corrected chi connectivity index (χ3v) is 6.11. The molecule has 1 spiro atoms. The van der Waals surface area contributed by atoms with E-state index in [1.807, 2.05) is 29.9 Å². The molecule has 0 atom stereocenters. The van der Waals surface area contributed by atoms with Crippen molar-refractivity contribution in [3.8, 4) is 5.75 Å². The van der Waals surface area contributed by atoms with Crippen molar-refractivity contribution in [3.63, 3.8) is 0 Å². The molecule has 0 aliphatic carbocycles.